The summed E-state index contributed by atoms with van der Waals surface area (Å²) >= 11 is 0. The zero-order chi connectivity index (χ0) is 14.4. The van der Waals surface area contributed by atoms with Crippen LogP contribution in [0.4, 0.5) is 0 Å². The van der Waals surface area contributed by atoms with Crippen molar-refractivity contribution < 1.29 is 14.6 Å². The molecule has 1 aromatic carbocycles. The number of benzene rings is 1. The largest absolute Gasteiger partial charge is 0.493 e. The van der Waals surface area contributed by atoms with Crippen molar-refractivity contribution in [2.24, 2.45) is 0 Å². The van der Waals surface area contributed by atoms with Crippen LogP contribution in [0.3, 0.4) is 0 Å². The fraction of sp³-hybridized carbons (Fsp3) is 0.625. The highest BCUT2D eigenvalue weighted by Gasteiger charge is 2.16. The maximum absolute atomic E-state index is 10.3. The predicted octanol–water partition coefficient (Wildman–Crippen LogP) is 2.61. The Labute approximate surface area is 121 Å². The Bertz CT molecular complexity index is 416. The standard InChI is InChI=1S/C16H25NO3/c1-3-20-15-7-6-13(12-16(15)19-2)14(18)8-11-17-9-4-5-10-17/h6-7,12,14,18H,3-5,8-11H2,1-2H3. The lowest BCUT2D eigenvalue weighted by Crippen LogP contribution is -2.22. The number of hydrogen-bond donors (Lipinski definition) is 1. The number of hydrogen-bond acceptors (Lipinski definition) is 4. The van der Waals surface area contributed by atoms with Crippen molar-refractivity contribution in [3.63, 3.8) is 0 Å². The van der Waals surface area contributed by atoms with Gasteiger partial charge in [-0.3, -0.25) is 0 Å². The molecular weight excluding hydrogens is 254 g/mol. The Hall–Kier alpha value is -1.26. The van der Waals surface area contributed by atoms with Gasteiger partial charge in [0, 0.05) is 6.54 Å². The molecule has 4 heteroatoms. The number of likely N-dealkylation sites (tertiary alicyclic amines) is 1. The fourth-order valence-electron chi connectivity index (χ4n) is 2.64. The normalized spacial score (nSPS) is 17.1. The Morgan fingerprint density at radius 3 is 2.65 bits per heavy atom. The molecule has 0 aromatic heterocycles. The summed E-state index contributed by atoms with van der Waals surface area (Å²) in [5.41, 5.74) is 0.893. The summed E-state index contributed by atoms with van der Waals surface area (Å²) in [6.45, 7) is 5.83. The van der Waals surface area contributed by atoms with Crippen LogP contribution < -0.4 is 9.47 Å². The minimum absolute atomic E-state index is 0.444. The van der Waals surface area contributed by atoms with Gasteiger partial charge in [0.05, 0.1) is 19.8 Å². The predicted molar refractivity (Wildman–Crippen MR) is 79.4 cm³/mol. The molecule has 1 saturated heterocycles. The van der Waals surface area contributed by atoms with Gasteiger partial charge in [-0.05, 0) is 57.0 Å². The van der Waals surface area contributed by atoms with Crippen LogP contribution in [0, 0.1) is 0 Å². The third kappa shape index (κ3) is 3.87. The Kier molecular flexibility index (Phi) is 5.68. The summed E-state index contributed by atoms with van der Waals surface area (Å²) in [5.74, 6) is 1.41. The van der Waals surface area contributed by atoms with Crippen LogP contribution in [0.25, 0.3) is 0 Å². The second kappa shape index (κ2) is 7.50. The lowest BCUT2D eigenvalue weighted by atomic mass is 10.1. The van der Waals surface area contributed by atoms with Gasteiger partial charge in [0.2, 0.25) is 0 Å². The van der Waals surface area contributed by atoms with Gasteiger partial charge in [-0.15, -0.1) is 0 Å². The third-order valence-corrected chi connectivity index (χ3v) is 3.79. The van der Waals surface area contributed by atoms with E-state index in [1.165, 1.54) is 25.9 Å². The minimum Gasteiger partial charge on any atom is -0.493 e. The summed E-state index contributed by atoms with van der Waals surface area (Å²) in [4.78, 5) is 2.41. The quantitative estimate of drug-likeness (QED) is 0.833. The van der Waals surface area contributed by atoms with Crippen molar-refractivity contribution in [1.82, 2.24) is 4.90 Å². The van der Waals surface area contributed by atoms with E-state index in [9.17, 15) is 5.11 Å². The molecule has 20 heavy (non-hydrogen) atoms. The number of nitrogens with zero attached hydrogens (tertiary/aromatic N) is 1. The van der Waals surface area contributed by atoms with Gasteiger partial charge in [0.1, 0.15) is 0 Å². The second-order valence-corrected chi connectivity index (χ2v) is 5.20. The molecule has 1 heterocycles. The smallest absolute Gasteiger partial charge is 0.161 e. The van der Waals surface area contributed by atoms with E-state index in [4.69, 9.17) is 9.47 Å². The molecule has 1 atom stereocenters. The van der Waals surface area contributed by atoms with Gasteiger partial charge >= 0.3 is 0 Å². The Morgan fingerprint density at radius 1 is 1.25 bits per heavy atom. The highest BCUT2D eigenvalue weighted by molar-refractivity contribution is 5.43. The van der Waals surface area contributed by atoms with Crippen molar-refractivity contribution in [2.75, 3.05) is 33.4 Å². The maximum atomic E-state index is 10.3. The van der Waals surface area contributed by atoms with E-state index in [0.717, 1.165) is 24.3 Å². The number of rotatable bonds is 7. The number of ether oxygens (including phenoxy) is 2. The molecule has 0 bridgehead atoms. The van der Waals surface area contributed by atoms with Gasteiger partial charge in [0.25, 0.3) is 0 Å². The van der Waals surface area contributed by atoms with Crippen LogP contribution in [0.15, 0.2) is 18.2 Å². The Balaban J connectivity index is 1.96. The van der Waals surface area contributed by atoms with E-state index in [2.05, 4.69) is 4.90 Å². The minimum atomic E-state index is -0.444. The SMILES string of the molecule is CCOc1ccc(C(O)CCN2CCCC2)cc1OC. The highest BCUT2D eigenvalue weighted by atomic mass is 16.5. The van der Waals surface area contributed by atoms with Gasteiger partial charge in [-0.25, -0.2) is 0 Å². The van der Waals surface area contributed by atoms with E-state index in [1.807, 2.05) is 25.1 Å². The van der Waals surface area contributed by atoms with E-state index in [0.29, 0.717) is 12.4 Å². The van der Waals surface area contributed by atoms with Crippen LogP contribution in [-0.4, -0.2) is 43.4 Å². The van der Waals surface area contributed by atoms with E-state index >= 15 is 0 Å². The zero-order valence-corrected chi connectivity index (χ0v) is 12.5. The molecule has 0 amide bonds. The van der Waals surface area contributed by atoms with E-state index in [-0.39, 0.29) is 0 Å². The van der Waals surface area contributed by atoms with Crippen LogP contribution >= 0.6 is 0 Å². The average Bonchev–Trinajstić information content (AvgIpc) is 2.98. The zero-order valence-electron chi connectivity index (χ0n) is 12.5. The summed E-state index contributed by atoms with van der Waals surface area (Å²) in [6.07, 6.45) is 2.89. The molecule has 2 rings (SSSR count). The maximum Gasteiger partial charge on any atom is 0.161 e. The Morgan fingerprint density at radius 2 is 2.00 bits per heavy atom. The molecule has 0 aliphatic carbocycles. The summed E-state index contributed by atoms with van der Waals surface area (Å²) in [6, 6.07) is 5.67. The molecule has 4 nitrogen and oxygen atoms in total. The first-order valence-electron chi connectivity index (χ1n) is 7.45. The molecule has 0 saturated carbocycles. The topological polar surface area (TPSA) is 41.9 Å². The van der Waals surface area contributed by atoms with Gasteiger partial charge < -0.3 is 19.5 Å². The number of aliphatic hydroxyl groups is 1. The van der Waals surface area contributed by atoms with Crippen molar-refractivity contribution in [1.29, 1.82) is 0 Å². The lowest BCUT2D eigenvalue weighted by molar-refractivity contribution is 0.148. The van der Waals surface area contributed by atoms with Crippen LogP contribution in [0.1, 0.15) is 37.9 Å². The number of aliphatic hydroxyl groups excluding tert-OH is 1. The molecule has 1 fully saturated rings. The van der Waals surface area contributed by atoms with Crippen molar-refractivity contribution in [2.45, 2.75) is 32.3 Å². The molecule has 1 aliphatic heterocycles. The average molecular weight is 279 g/mol. The molecule has 0 spiro atoms. The first-order valence-corrected chi connectivity index (χ1v) is 7.45. The van der Waals surface area contributed by atoms with E-state index in [1.54, 1.807) is 7.11 Å². The van der Waals surface area contributed by atoms with Crippen LogP contribution in [-0.2, 0) is 0 Å². The summed E-state index contributed by atoms with van der Waals surface area (Å²) in [7, 11) is 1.62. The molecule has 1 aliphatic rings. The van der Waals surface area contributed by atoms with Crippen molar-refractivity contribution in [3.05, 3.63) is 23.8 Å². The van der Waals surface area contributed by atoms with Gasteiger partial charge in [-0.2, -0.15) is 0 Å². The summed E-state index contributed by atoms with van der Waals surface area (Å²) < 4.78 is 10.8. The van der Waals surface area contributed by atoms with Crippen LogP contribution in [0.5, 0.6) is 11.5 Å². The van der Waals surface area contributed by atoms with Gasteiger partial charge in [0.15, 0.2) is 11.5 Å². The van der Waals surface area contributed by atoms with Crippen molar-refractivity contribution in [3.8, 4) is 11.5 Å². The molecule has 1 aromatic rings. The molecule has 112 valence electrons. The second-order valence-electron chi connectivity index (χ2n) is 5.20. The number of methoxy groups -OCH3 is 1. The molecule has 1 unspecified atom stereocenters. The fourth-order valence-corrected chi connectivity index (χ4v) is 2.64. The van der Waals surface area contributed by atoms with E-state index < -0.39 is 6.10 Å². The summed E-state index contributed by atoms with van der Waals surface area (Å²) in [5, 5.41) is 10.3. The monoisotopic (exact) mass is 279 g/mol. The highest BCUT2D eigenvalue weighted by Crippen LogP contribution is 2.31. The lowest BCUT2D eigenvalue weighted by Gasteiger charge is -2.18. The molecular formula is C16H25NO3. The van der Waals surface area contributed by atoms with Crippen molar-refractivity contribution >= 4 is 0 Å². The van der Waals surface area contributed by atoms with Crippen LogP contribution in [0.2, 0.25) is 0 Å². The molecule has 1 N–H and O–H groups in total. The first kappa shape index (κ1) is 15.1. The third-order valence-electron chi connectivity index (χ3n) is 3.79. The first-order chi connectivity index (χ1) is 9.74. The van der Waals surface area contributed by atoms with Gasteiger partial charge in [-0.1, -0.05) is 6.07 Å². The molecule has 0 radical (unpaired) electrons.